The Bertz CT molecular complexity index is 690. The zero-order valence-corrected chi connectivity index (χ0v) is 11.8. The van der Waals surface area contributed by atoms with Crippen LogP contribution in [-0.4, -0.2) is 10.1 Å². The molecule has 18 heavy (non-hydrogen) atoms. The van der Waals surface area contributed by atoms with Gasteiger partial charge in [0, 0.05) is 27.0 Å². The number of thiophene rings is 1. The first-order chi connectivity index (χ1) is 8.77. The lowest BCUT2D eigenvalue weighted by molar-refractivity contribution is 0.221. The van der Waals surface area contributed by atoms with Gasteiger partial charge in [0.2, 0.25) is 0 Å². The summed E-state index contributed by atoms with van der Waals surface area (Å²) in [7, 11) is 0. The van der Waals surface area contributed by atoms with E-state index < -0.39 is 6.10 Å². The predicted molar refractivity (Wildman–Crippen MR) is 77.8 cm³/mol. The highest BCUT2D eigenvalue weighted by atomic mass is 79.9. The smallest absolute Gasteiger partial charge is 0.107 e. The monoisotopic (exact) mass is 319 g/mol. The van der Waals surface area contributed by atoms with Gasteiger partial charge in [-0.15, -0.1) is 0 Å². The van der Waals surface area contributed by atoms with E-state index in [1.165, 1.54) is 0 Å². The van der Waals surface area contributed by atoms with Gasteiger partial charge in [-0.2, -0.15) is 11.3 Å². The molecule has 1 atom stereocenters. The number of para-hydroxylation sites is 1. The van der Waals surface area contributed by atoms with Crippen LogP contribution in [0.3, 0.4) is 0 Å². The van der Waals surface area contributed by atoms with E-state index >= 15 is 0 Å². The van der Waals surface area contributed by atoms with Crippen LogP contribution in [0.2, 0.25) is 0 Å². The van der Waals surface area contributed by atoms with Crippen LogP contribution in [0.1, 0.15) is 17.2 Å². The van der Waals surface area contributed by atoms with Crippen LogP contribution in [0.4, 0.5) is 0 Å². The number of aliphatic hydroxyl groups is 1. The molecule has 0 bridgehead atoms. The van der Waals surface area contributed by atoms with Crippen LogP contribution in [0, 0.1) is 0 Å². The lowest BCUT2D eigenvalue weighted by Crippen LogP contribution is -2.00. The number of hydrogen-bond acceptors (Lipinski definition) is 3. The van der Waals surface area contributed by atoms with Crippen molar-refractivity contribution in [2.24, 2.45) is 0 Å². The second kappa shape index (κ2) is 4.80. The molecule has 3 rings (SSSR count). The van der Waals surface area contributed by atoms with Crippen molar-refractivity contribution in [2.75, 3.05) is 0 Å². The Labute approximate surface area is 117 Å². The molecule has 2 aromatic heterocycles. The summed E-state index contributed by atoms with van der Waals surface area (Å²) in [6, 6.07) is 9.72. The van der Waals surface area contributed by atoms with Gasteiger partial charge in [0.15, 0.2) is 0 Å². The molecule has 0 spiro atoms. The summed E-state index contributed by atoms with van der Waals surface area (Å²) in [6.45, 7) is 0. The maximum Gasteiger partial charge on any atom is 0.107 e. The maximum absolute atomic E-state index is 10.5. The van der Waals surface area contributed by atoms with Crippen molar-refractivity contribution in [2.45, 2.75) is 6.10 Å². The first kappa shape index (κ1) is 11.8. The minimum absolute atomic E-state index is 0.626. The fourth-order valence-corrected chi connectivity index (χ4v) is 3.54. The highest BCUT2D eigenvalue weighted by molar-refractivity contribution is 9.10. The minimum atomic E-state index is -0.626. The Kier molecular flexibility index (Phi) is 3.16. The third-order valence-electron chi connectivity index (χ3n) is 2.91. The summed E-state index contributed by atoms with van der Waals surface area (Å²) in [5.74, 6) is 0. The lowest BCUT2D eigenvalue weighted by atomic mass is 10.0. The summed E-state index contributed by atoms with van der Waals surface area (Å²) in [6.07, 6.45) is 1.11. The highest BCUT2D eigenvalue weighted by Crippen LogP contribution is 2.33. The second-order valence-electron chi connectivity index (χ2n) is 3.99. The molecule has 4 heteroatoms. The van der Waals surface area contributed by atoms with Gasteiger partial charge in [0.25, 0.3) is 0 Å². The lowest BCUT2D eigenvalue weighted by Gasteiger charge is -2.12. The SMILES string of the molecule is OC(c1cscc1Br)c1ccnc2ccccc12. The third-order valence-corrected chi connectivity index (χ3v) is 4.67. The largest absolute Gasteiger partial charge is 0.384 e. The molecule has 0 saturated heterocycles. The zero-order chi connectivity index (χ0) is 12.5. The van der Waals surface area contributed by atoms with Crippen molar-refractivity contribution < 1.29 is 5.11 Å². The van der Waals surface area contributed by atoms with E-state index in [2.05, 4.69) is 20.9 Å². The molecule has 0 aliphatic rings. The molecule has 0 radical (unpaired) electrons. The number of aliphatic hydroxyl groups excluding tert-OH is 1. The van der Waals surface area contributed by atoms with Crippen LogP contribution in [0.25, 0.3) is 10.9 Å². The highest BCUT2D eigenvalue weighted by Gasteiger charge is 2.16. The zero-order valence-electron chi connectivity index (χ0n) is 9.38. The number of benzene rings is 1. The van der Waals surface area contributed by atoms with Gasteiger partial charge >= 0.3 is 0 Å². The normalized spacial score (nSPS) is 12.8. The maximum atomic E-state index is 10.5. The summed E-state index contributed by atoms with van der Waals surface area (Å²) in [4.78, 5) is 4.31. The summed E-state index contributed by atoms with van der Waals surface area (Å²) in [5, 5.41) is 15.4. The molecule has 0 aliphatic carbocycles. The van der Waals surface area contributed by atoms with Crippen LogP contribution >= 0.6 is 27.3 Å². The van der Waals surface area contributed by atoms with Crippen molar-refractivity contribution in [3.63, 3.8) is 0 Å². The molecular weight excluding hydrogens is 310 g/mol. The number of aromatic nitrogens is 1. The van der Waals surface area contributed by atoms with Gasteiger partial charge < -0.3 is 5.11 Å². The van der Waals surface area contributed by atoms with Gasteiger partial charge in [-0.3, -0.25) is 4.98 Å². The number of hydrogen-bond donors (Lipinski definition) is 1. The standard InChI is InChI=1S/C14H10BrNOS/c15-12-8-18-7-11(12)14(17)10-5-6-16-13-4-2-1-3-9(10)13/h1-8,14,17H. The second-order valence-corrected chi connectivity index (χ2v) is 5.59. The quantitative estimate of drug-likeness (QED) is 0.770. The van der Waals surface area contributed by atoms with E-state index in [1.807, 2.05) is 41.1 Å². The molecule has 1 N–H and O–H groups in total. The Morgan fingerprint density at radius 3 is 2.72 bits per heavy atom. The number of halogens is 1. The number of pyridine rings is 1. The molecule has 0 aliphatic heterocycles. The fourth-order valence-electron chi connectivity index (χ4n) is 2.01. The molecule has 1 aromatic carbocycles. The van der Waals surface area contributed by atoms with E-state index in [-0.39, 0.29) is 0 Å². The molecule has 0 amide bonds. The van der Waals surface area contributed by atoms with E-state index in [0.29, 0.717) is 0 Å². The average Bonchev–Trinajstić information content (AvgIpc) is 2.83. The Hall–Kier alpha value is -1.23. The van der Waals surface area contributed by atoms with Crippen LogP contribution in [-0.2, 0) is 0 Å². The van der Waals surface area contributed by atoms with E-state index in [1.54, 1.807) is 17.5 Å². The topological polar surface area (TPSA) is 33.1 Å². The Morgan fingerprint density at radius 1 is 1.11 bits per heavy atom. The molecule has 90 valence electrons. The van der Waals surface area contributed by atoms with E-state index in [0.717, 1.165) is 26.5 Å². The van der Waals surface area contributed by atoms with Gasteiger partial charge in [-0.25, -0.2) is 0 Å². The average molecular weight is 320 g/mol. The van der Waals surface area contributed by atoms with Crippen LogP contribution in [0.15, 0.2) is 51.8 Å². The van der Waals surface area contributed by atoms with Gasteiger partial charge in [-0.1, -0.05) is 18.2 Å². The summed E-state index contributed by atoms with van der Waals surface area (Å²) in [5.41, 5.74) is 2.69. The van der Waals surface area contributed by atoms with Gasteiger partial charge in [0.05, 0.1) is 5.52 Å². The number of fused-ring (bicyclic) bond motifs is 1. The molecule has 2 heterocycles. The predicted octanol–water partition coefficient (Wildman–Crippen LogP) is 4.14. The molecule has 3 aromatic rings. The van der Waals surface area contributed by atoms with E-state index in [9.17, 15) is 5.11 Å². The first-order valence-corrected chi connectivity index (χ1v) is 7.24. The molecule has 1 unspecified atom stereocenters. The van der Waals surface area contributed by atoms with Gasteiger partial charge in [0.1, 0.15) is 6.10 Å². The third kappa shape index (κ3) is 1.96. The molecule has 0 saturated carbocycles. The minimum Gasteiger partial charge on any atom is -0.384 e. The van der Waals surface area contributed by atoms with Crippen LogP contribution in [0.5, 0.6) is 0 Å². The number of nitrogens with zero attached hydrogens (tertiary/aromatic N) is 1. The van der Waals surface area contributed by atoms with Crippen molar-refractivity contribution in [3.05, 3.63) is 62.9 Å². The Balaban J connectivity index is 2.18. The molecule has 0 fully saturated rings. The van der Waals surface area contributed by atoms with Crippen molar-refractivity contribution >= 4 is 38.2 Å². The summed E-state index contributed by atoms with van der Waals surface area (Å²) >= 11 is 5.04. The summed E-state index contributed by atoms with van der Waals surface area (Å²) < 4.78 is 0.945. The fraction of sp³-hybridized carbons (Fsp3) is 0.0714. The molecular formula is C14H10BrNOS. The van der Waals surface area contributed by atoms with Gasteiger partial charge in [-0.05, 0) is 39.0 Å². The van der Waals surface area contributed by atoms with Crippen molar-refractivity contribution in [1.82, 2.24) is 4.98 Å². The van der Waals surface area contributed by atoms with Crippen molar-refractivity contribution in [1.29, 1.82) is 0 Å². The first-order valence-electron chi connectivity index (χ1n) is 5.50. The van der Waals surface area contributed by atoms with E-state index in [4.69, 9.17) is 0 Å². The van der Waals surface area contributed by atoms with Crippen LogP contribution < -0.4 is 0 Å². The Morgan fingerprint density at radius 2 is 1.94 bits per heavy atom. The molecule has 2 nitrogen and oxygen atoms in total. The van der Waals surface area contributed by atoms with Crippen molar-refractivity contribution in [3.8, 4) is 0 Å². The number of rotatable bonds is 2.